The van der Waals surface area contributed by atoms with Crippen LogP contribution in [0.4, 0.5) is 25.1 Å². The zero-order valence-corrected chi connectivity index (χ0v) is 15.0. The highest BCUT2D eigenvalue weighted by Crippen LogP contribution is 2.27. The zero-order chi connectivity index (χ0) is 19.4. The summed E-state index contributed by atoms with van der Waals surface area (Å²) in [5.74, 6) is 0.770. The van der Waals surface area contributed by atoms with Crippen LogP contribution in [0.2, 0.25) is 0 Å². The van der Waals surface area contributed by atoms with Crippen molar-refractivity contribution >= 4 is 11.9 Å². The lowest BCUT2D eigenvalue weighted by Gasteiger charge is -2.36. The minimum absolute atomic E-state index is 0.129. The number of likely N-dealkylation sites (N-methyl/N-ethyl adjacent to an activating group) is 1. The third-order valence-electron chi connectivity index (χ3n) is 4.81. The topological polar surface area (TPSA) is 83.3 Å². The molecule has 7 nitrogen and oxygen atoms in total. The molecule has 0 radical (unpaired) electrons. The number of piperidine rings is 1. The second-order valence-electron chi connectivity index (χ2n) is 6.62. The lowest BCUT2D eigenvalue weighted by molar-refractivity contribution is -0.274. The number of benzene rings is 1. The molecule has 1 aliphatic rings. The Labute approximate surface area is 155 Å². The Morgan fingerprint density at radius 1 is 1.30 bits per heavy atom. The molecule has 0 unspecified atom stereocenters. The number of para-hydroxylation sites is 1. The number of anilines is 2. The summed E-state index contributed by atoms with van der Waals surface area (Å²) in [5.41, 5.74) is 6.09. The molecule has 1 fully saturated rings. The van der Waals surface area contributed by atoms with Gasteiger partial charge < -0.3 is 20.3 Å². The Kier molecular flexibility index (Phi) is 5.73. The maximum absolute atomic E-state index is 12.5. The molecule has 3 rings (SSSR count). The first-order chi connectivity index (χ1) is 12.8. The number of nitrogen functional groups attached to an aromatic ring is 1. The molecule has 27 heavy (non-hydrogen) atoms. The van der Waals surface area contributed by atoms with E-state index in [2.05, 4.69) is 29.7 Å². The molecule has 0 amide bonds. The van der Waals surface area contributed by atoms with Crippen molar-refractivity contribution < 1.29 is 17.9 Å². The molecule has 0 saturated carbocycles. The Morgan fingerprint density at radius 2 is 2.00 bits per heavy atom. The predicted octanol–water partition coefficient (Wildman–Crippen LogP) is 2.43. The molecular formula is C17H23F3N6O. The van der Waals surface area contributed by atoms with E-state index in [0.717, 1.165) is 25.9 Å². The second-order valence-corrected chi connectivity index (χ2v) is 6.62. The van der Waals surface area contributed by atoms with Crippen LogP contribution in [0.15, 0.2) is 24.3 Å². The molecule has 3 N–H and O–H groups in total. The summed E-state index contributed by atoms with van der Waals surface area (Å²) < 4.78 is 41.7. The minimum Gasteiger partial charge on any atom is -0.406 e. The molecule has 1 aromatic heterocycles. The van der Waals surface area contributed by atoms with Crippen molar-refractivity contribution in [3.8, 4) is 5.75 Å². The number of aromatic amines is 1. The van der Waals surface area contributed by atoms with Gasteiger partial charge in [-0.2, -0.15) is 4.98 Å². The molecule has 148 valence electrons. The fourth-order valence-corrected chi connectivity index (χ4v) is 3.34. The highest BCUT2D eigenvalue weighted by Gasteiger charge is 2.32. The van der Waals surface area contributed by atoms with Gasteiger partial charge in [-0.1, -0.05) is 18.2 Å². The normalized spacial score (nSPS) is 16.1. The molecular weight excluding hydrogens is 361 g/mol. The zero-order valence-electron chi connectivity index (χ0n) is 15.0. The summed E-state index contributed by atoms with van der Waals surface area (Å²) in [6.45, 7) is 2.28. The SMILES string of the molecule is CN(CCc1ccccc1OC(F)(F)F)C1CCN(c2nc(N)n[nH]2)CC1. The maximum Gasteiger partial charge on any atom is 0.573 e. The van der Waals surface area contributed by atoms with Crippen molar-refractivity contribution in [1.82, 2.24) is 20.1 Å². The Hall–Kier alpha value is -2.49. The summed E-state index contributed by atoms with van der Waals surface area (Å²) in [6, 6.07) is 6.65. The number of hydrogen-bond acceptors (Lipinski definition) is 6. The van der Waals surface area contributed by atoms with E-state index >= 15 is 0 Å². The van der Waals surface area contributed by atoms with Crippen LogP contribution in [0, 0.1) is 0 Å². The summed E-state index contributed by atoms with van der Waals surface area (Å²) in [6.07, 6.45) is -2.34. The molecule has 1 aromatic carbocycles. The molecule has 0 aliphatic carbocycles. The smallest absolute Gasteiger partial charge is 0.406 e. The number of H-pyrrole nitrogens is 1. The van der Waals surface area contributed by atoms with Gasteiger partial charge >= 0.3 is 6.36 Å². The number of ether oxygens (including phenoxy) is 1. The van der Waals surface area contributed by atoms with Crippen molar-refractivity contribution in [3.05, 3.63) is 29.8 Å². The number of halogens is 3. The van der Waals surface area contributed by atoms with Crippen molar-refractivity contribution in [3.63, 3.8) is 0 Å². The van der Waals surface area contributed by atoms with Crippen LogP contribution in [0.1, 0.15) is 18.4 Å². The maximum atomic E-state index is 12.5. The molecule has 1 aliphatic heterocycles. The summed E-state index contributed by atoms with van der Waals surface area (Å²) in [4.78, 5) is 8.43. The number of nitrogens with zero attached hydrogens (tertiary/aromatic N) is 4. The second kappa shape index (κ2) is 8.03. The first kappa shape index (κ1) is 19.3. The van der Waals surface area contributed by atoms with Gasteiger partial charge in [0, 0.05) is 25.7 Å². The van der Waals surface area contributed by atoms with Gasteiger partial charge in [0.15, 0.2) is 0 Å². The lowest BCUT2D eigenvalue weighted by atomic mass is 10.0. The van der Waals surface area contributed by atoms with Gasteiger partial charge in [0.05, 0.1) is 0 Å². The van der Waals surface area contributed by atoms with Gasteiger partial charge in [-0.3, -0.25) is 0 Å². The van der Waals surface area contributed by atoms with Crippen molar-refractivity contribution in [2.24, 2.45) is 0 Å². The van der Waals surface area contributed by atoms with Gasteiger partial charge in [0.2, 0.25) is 11.9 Å². The molecule has 10 heteroatoms. The monoisotopic (exact) mass is 384 g/mol. The fourth-order valence-electron chi connectivity index (χ4n) is 3.34. The highest BCUT2D eigenvalue weighted by atomic mass is 19.4. The van der Waals surface area contributed by atoms with E-state index in [1.54, 1.807) is 18.2 Å². The summed E-state index contributed by atoms with van der Waals surface area (Å²) in [5, 5.41) is 6.65. The third kappa shape index (κ3) is 5.25. The van der Waals surface area contributed by atoms with Crippen molar-refractivity contribution in [2.45, 2.75) is 31.7 Å². The van der Waals surface area contributed by atoms with Gasteiger partial charge in [0.25, 0.3) is 0 Å². The van der Waals surface area contributed by atoms with E-state index in [9.17, 15) is 13.2 Å². The number of aromatic nitrogens is 3. The Balaban J connectivity index is 1.51. The van der Waals surface area contributed by atoms with Crippen LogP contribution in [-0.4, -0.2) is 59.2 Å². The van der Waals surface area contributed by atoms with E-state index in [4.69, 9.17) is 5.73 Å². The molecule has 0 spiro atoms. The molecule has 0 bridgehead atoms. The van der Waals surface area contributed by atoms with E-state index in [1.807, 2.05) is 7.05 Å². The van der Waals surface area contributed by atoms with E-state index < -0.39 is 6.36 Å². The first-order valence-corrected chi connectivity index (χ1v) is 8.78. The standard InChI is InChI=1S/C17H23F3N6O/c1-25(9-6-12-4-2-3-5-14(12)27-17(18,19)20)13-7-10-26(11-8-13)16-22-15(21)23-24-16/h2-5,13H,6-11H2,1H3,(H3,21,22,23,24). The van der Waals surface area contributed by atoms with E-state index in [-0.39, 0.29) is 11.7 Å². The number of alkyl halides is 3. The quantitative estimate of drug-likeness (QED) is 0.796. The lowest BCUT2D eigenvalue weighted by Crippen LogP contribution is -2.44. The number of nitrogens with one attached hydrogen (secondary N) is 1. The summed E-state index contributed by atoms with van der Waals surface area (Å²) >= 11 is 0. The minimum atomic E-state index is -4.68. The van der Waals surface area contributed by atoms with Crippen LogP contribution >= 0.6 is 0 Å². The van der Waals surface area contributed by atoms with Crippen LogP contribution in [0.3, 0.4) is 0 Å². The van der Waals surface area contributed by atoms with Gasteiger partial charge in [-0.15, -0.1) is 18.3 Å². The van der Waals surface area contributed by atoms with E-state index in [0.29, 0.717) is 30.5 Å². The van der Waals surface area contributed by atoms with Crippen LogP contribution in [0.25, 0.3) is 0 Å². The number of hydrogen-bond donors (Lipinski definition) is 2. The number of rotatable bonds is 6. The molecule has 2 aromatic rings. The first-order valence-electron chi connectivity index (χ1n) is 8.78. The number of nitrogens with two attached hydrogens (primary N) is 1. The molecule has 2 heterocycles. The Morgan fingerprint density at radius 3 is 2.63 bits per heavy atom. The average Bonchev–Trinajstić information content (AvgIpc) is 3.06. The van der Waals surface area contributed by atoms with Gasteiger partial charge in [0.1, 0.15) is 5.75 Å². The van der Waals surface area contributed by atoms with Crippen molar-refractivity contribution in [2.75, 3.05) is 37.3 Å². The third-order valence-corrected chi connectivity index (χ3v) is 4.81. The Bertz CT molecular complexity index is 742. The molecule has 1 saturated heterocycles. The average molecular weight is 384 g/mol. The van der Waals surface area contributed by atoms with E-state index in [1.165, 1.54) is 6.07 Å². The predicted molar refractivity (Wildman–Crippen MR) is 95.5 cm³/mol. The van der Waals surface area contributed by atoms with Crippen LogP contribution in [-0.2, 0) is 6.42 Å². The van der Waals surface area contributed by atoms with Crippen molar-refractivity contribution in [1.29, 1.82) is 0 Å². The van der Waals surface area contributed by atoms with Gasteiger partial charge in [-0.05, 0) is 37.9 Å². The van der Waals surface area contributed by atoms with Crippen LogP contribution < -0.4 is 15.4 Å². The largest absolute Gasteiger partial charge is 0.573 e. The molecule has 0 atom stereocenters. The van der Waals surface area contributed by atoms with Gasteiger partial charge in [-0.25, -0.2) is 5.10 Å². The summed E-state index contributed by atoms with van der Waals surface area (Å²) in [7, 11) is 2.00. The fraction of sp³-hybridized carbons (Fsp3) is 0.529. The van der Waals surface area contributed by atoms with Crippen LogP contribution in [0.5, 0.6) is 5.75 Å². The highest BCUT2D eigenvalue weighted by molar-refractivity contribution is 5.35.